The summed E-state index contributed by atoms with van der Waals surface area (Å²) in [4.78, 5) is 23.2. The van der Waals surface area contributed by atoms with E-state index in [1.807, 2.05) is 0 Å². The second kappa shape index (κ2) is 8.43. The van der Waals surface area contributed by atoms with Gasteiger partial charge in [0.1, 0.15) is 22.4 Å². The first kappa shape index (κ1) is 20.1. The fourth-order valence-corrected chi connectivity index (χ4v) is 2.42. The molecular weight excluding hydrogens is 427 g/mol. The summed E-state index contributed by atoms with van der Waals surface area (Å²) in [6.07, 6.45) is -0.461. The van der Waals surface area contributed by atoms with E-state index < -0.39 is 17.7 Å². The van der Waals surface area contributed by atoms with Gasteiger partial charge in [-0.1, -0.05) is 17.7 Å². The molecule has 0 saturated carbocycles. The lowest BCUT2D eigenvalue weighted by Crippen LogP contribution is -2.49. The Kier molecular flexibility index (Phi) is 6.51. The van der Waals surface area contributed by atoms with Crippen molar-refractivity contribution in [2.75, 3.05) is 0 Å². The number of hydrogen-bond donors (Lipinski definition) is 1. The third-order valence-corrected chi connectivity index (χ3v) is 4.17. The van der Waals surface area contributed by atoms with Crippen molar-refractivity contribution < 1.29 is 13.9 Å². The van der Waals surface area contributed by atoms with Gasteiger partial charge in [0, 0.05) is 17.8 Å². The maximum absolute atomic E-state index is 13.6. The predicted octanol–water partition coefficient (Wildman–Crippen LogP) is 4.19. The van der Waals surface area contributed by atoms with Crippen LogP contribution in [0.3, 0.4) is 0 Å². The van der Waals surface area contributed by atoms with Crippen molar-refractivity contribution in [2.24, 2.45) is 0 Å². The van der Waals surface area contributed by atoms with E-state index in [1.54, 1.807) is 18.2 Å². The van der Waals surface area contributed by atoms with Crippen molar-refractivity contribution in [1.82, 2.24) is 15.3 Å². The van der Waals surface area contributed by atoms with Gasteiger partial charge in [-0.2, -0.15) is 4.39 Å². The summed E-state index contributed by atoms with van der Waals surface area (Å²) in [5.41, 5.74) is -0.764. The van der Waals surface area contributed by atoms with E-state index in [9.17, 15) is 9.18 Å². The number of alkyl halides is 1. The molecule has 0 aromatic carbocycles. The van der Waals surface area contributed by atoms with E-state index in [0.717, 1.165) is 0 Å². The lowest BCUT2D eigenvalue weighted by atomic mass is 10.0. The van der Waals surface area contributed by atoms with E-state index in [2.05, 4.69) is 36.1 Å². The fourth-order valence-electron chi connectivity index (χ4n) is 1.89. The van der Waals surface area contributed by atoms with Gasteiger partial charge < -0.3 is 10.1 Å². The average Bonchev–Trinajstić information content (AvgIpc) is 2.59. The molecule has 0 saturated heterocycles. The van der Waals surface area contributed by atoms with Crippen LogP contribution in [0, 0.1) is 6.57 Å². The van der Waals surface area contributed by atoms with Crippen molar-refractivity contribution >= 4 is 33.4 Å². The average molecular weight is 442 g/mol. The predicted molar refractivity (Wildman–Crippen MR) is 98.6 cm³/mol. The Morgan fingerprint density at radius 2 is 2.27 bits per heavy atom. The van der Waals surface area contributed by atoms with Gasteiger partial charge >= 0.3 is 6.30 Å². The Bertz CT molecular complexity index is 857. The summed E-state index contributed by atoms with van der Waals surface area (Å²) < 4.78 is 19.7. The normalized spacial score (nSPS) is 12.2. The summed E-state index contributed by atoms with van der Waals surface area (Å²) >= 11 is 9.43. The van der Waals surface area contributed by atoms with Crippen LogP contribution in [-0.4, -0.2) is 27.7 Å². The first-order valence-corrected chi connectivity index (χ1v) is 8.63. The van der Waals surface area contributed by atoms with Gasteiger partial charge in [-0.25, -0.2) is 11.6 Å². The minimum absolute atomic E-state index is 0.0181. The molecule has 0 radical (unpaired) electrons. The summed E-state index contributed by atoms with van der Waals surface area (Å²) in [6, 6.07) is 6.61. The number of nitrogens with zero attached hydrogens (tertiary/aromatic N) is 3. The van der Waals surface area contributed by atoms with Gasteiger partial charge in [0.15, 0.2) is 0 Å². The number of rotatable bonds is 6. The van der Waals surface area contributed by atoms with E-state index in [4.69, 9.17) is 22.9 Å². The minimum atomic E-state index is -1.87. The maximum Gasteiger partial charge on any atom is 0.383 e. The minimum Gasteiger partial charge on any atom is -0.473 e. The Morgan fingerprint density at radius 3 is 2.88 bits per heavy atom. The summed E-state index contributed by atoms with van der Waals surface area (Å²) in [7, 11) is 0. The Balaban J connectivity index is 2.07. The highest BCUT2D eigenvalue weighted by atomic mass is 79.9. The number of carbonyl (C=O) groups excluding carboxylic acids is 1. The molecule has 9 heteroatoms. The molecule has 0 aliphatic heterocycles. The molecule has 1 N–H and O–H groups in total. The van der Waals surface area contributed by atoms with Gasteiger partial charge in [-0.15, -0.1) is 0 Å². The Labute approximate surface area is 163 Å². The highest BCUT2D eigenvalue weighted by molar-refractivity contribution is 9.10. The van der Waals surface area contributed by atoms with Crippen LogP contribution in [0.1, 0.15) is 29.9 Å². The molecule has 26 heavy (non-hydrogen) atoms. The van der Waals surface area contributed by atoms with Crippen molar-refractivity contribution in [3.63, 3.8) is 0 Å². The molecule has 2 aromatic heterocycles. The number of nitrogens with one attached hydrogen (secondary N) is 1. The second-order valence-electron chi connectivity index (χ2n) is 5.89. The summed E-state index contributed by atoms with van der Waals surface area (Å²) in [5.74, 6) is -0.212. The van der Waals surface area contributed by atoms with E-state index in [0.29, 0.717) is 16.0 Å². The molecular formula is C17H15BrClFN4O2. The van der Waals surface area contributed by atoms with Crippen molar-refractivity contribution in [3.05, 3.63) is 62.8 Å². The third-order valence-electron chi connectivity index (χ3n) is 3.37. The molecule has 1 amide bonds. The Morgan fingerprint density at radius 1 is 1.54 bits per heavy atom. The number of ether oxygens (including phenoxy) is 1. The molecule has 1 unspecified atom stereocenters. The highest BCUT2D eigenvalue weighted by Gasteiger charge is 2.36. The van der Waals surface area contributed by atoms with Gasteiger partial charge in [0.25, 0.3) is 5.91 Å². The molecule has 0 bridgehead atoms. The zero-order valence-electron chi connectivity index (χ0n) is 14.0. The van der Waals surface area contributed by atoms with Gasteiger partial charge in [-0.3, -0.25) is 14.6 Å². The number of carbonyl (C=O) groups is 1. The summed E-state index contributed by atoms with van der Waals surface area (Å²) in [6.45, 7) is 9.70. The van der Waals surface area contributed by atoms with Crippen molar-refractivity contribution in [1.29, 1.82) is 0 Å². The van der Waals surface area contributed by atoms with Crippen molar-refractivity contribution in [2.45, 2.75) is 32.3 Å². The fraction of sp³-hybridized carbons (Fsp3) is 0.294. The molecule has 0 aliphatic rings. The smallest absolute Gasteiger partial charge is 0.383 e. The Hall–Kier alpha value is -2.24. The van der Waals surface area contributed by atoms with Crippen LogP contribution in [0.15, 0.2) is 35.1 Å². The standard InChI is InChI=1S/C17H15BrClFN4O2/c1-17(2,16(20)21-3)24-15(25)12-7-11(19)10(8-22-12)9-26-14-6-4-5-13(18)23-14/h4-8,16H,9H2,1-2H3,(H,24,25). The number of pyridine rings is 2. The molecule has 136 valence electrons. The number of amides is 1. The monoisotopic (exact) mass is 440 g/mol. The van der Waals surface area contributed by atoms with E-state index >= 15 is 0 Å². The molecule has 2 aromatic rings. The van der Waals surface area contributed by atoms with Gasteiger partial charge in [0.05, 0.1) is 5.02 Å². The van der Waals surface area contributed by atoms with Crippen LogP contribution in [-0.2, 0) is 6.61 Å². The number of hydrogen-bond acceptors (Lipinski definition) is 4. The van der Waals surface area contributed by atoms with Crippen LogP contribution in [0.25, 0.3) is 4.85 Å². The third kappa shape index (κ3) is 5.13. The van der Waals surface area contributed by atoms with Crippen LogP contribution in [0.4, 0.5) is 4.39 Å². The molecule has 2 rings (SSSR count). The van der Waals surface area contributed by atoms with E-state index in [-0.39, 0.29) is 17.3 Å². The zero-order chi connectivity index (χ0) is 19.3. The number of aromatic nitrogens is 2. The molecule has 0 fully saturated rings. The quantitative estimate of drug-likeness (QED) is 0.414. The second-order valence-corrected chi connectivity index (χ2v) is 7.11. The first-order chi connectivity index (χ1) is 12.2. The largest absolute Gasteiger partial charge is 0.473 e. The number of halogens is 3. The molecule has 0 aliphatic carbocycles. The SMILES string of the molecule is [C-]#[N+]C(F)C(C)(C)NC(=O)c1cc(Cl)c(COc2cccc(Br)n2)cn1. The van der Waals surface area contributed by atoms with Crippen LogP contribution < -0.4 is 10.1 Å². The van der Waals surface area contributed by atoms with Gasteiger partial charge in [0.2, 0.25) is 5.88 Å². The first-order valence-electron chi connectivity index (χ1n) is 7.46. The summed E-state index contributed by atoms with van der Waals surface area (Å²) in [5, 5.41) is 2.72. The van der Waals surface area contributed by atoms with Crippen molar-refractivity contribution in [3.8, 4) is 5.88 Å². The van der Waals surface area contributed by atoms with Crippen LogP contribution in [0.2, 0.25) is 5.02 Å². The molecule has 1 atom stereocenters. The van der Waals surface area contributed by atoms with Crippen LogP contribution in [0.5, 0.6) is 5.88 Å². The zero-order valence-corrected chi connectivity index (χ0v) is 16.3. The van der Waals surface area contributed by atoms with Gasteiger partial charge in [-0.05, 0) is 41.9 Å². The van der Waals surface area contributed by atoms with E-state index in [1.165, 1.54) is 26.1 Å². The topological polar surface area (TPSA) is 68.5 Å². The molecule has 2 heterocycles. The highest BCUT2D eigenvalue weighted by Crippen LogP contribution is 2.20. The lowest BCUT2D eigenvalue weighted by molar-refractivity contribution is 0.0869. The molecule has 6 nitrogen and oxygen atoms in total. The van der Waals surface area contributed by atoms with Crippen LogP contribution >= 0.6 is 27.5 Å². The molecule has 0 spiro atoms. The lowest BCUT2D eigenvalue weighted by Gasteiger charge is -2.22. The maximum atomic E-state index is 13.6.